The van der Waals surface area contributed by atoms with Gasteiger partial charge in [-0.25, -0.2) is 13.2 Å². The number of rotatable bonds is 4. The first-order valence-electron chi connectivity index (χ1n) is 9.55. The number of fused-ring (bicyclic) bond motifs is 1. The Kier molecular flexibility index (Phi) is 5.46. The van der Waals surface area contributed by atoms with Crippen LogP contribution in [-0.2, 0) is 21.2 Å². The van der Waals surface area contributed by atoms with Crippen LogP contribution in [-0.4, -0.2) is 51.3 Å². The molecule has 0 saturated carbocycles. The number of benzene rings is 1. The Labute approximate surface area is 173 Å². The largest absolute Gasteiger partial charge is 0.465 e. The fourth-order valence-corrected chi connectivity index (χ4v) is 6.24. The lowest BCUT2D eigenvalue weighted by Crippen LogP contribution is -2.35. The van der Waals surface area contributed by atoms with Crippen molar-refractivity contribution in [1.82, 2.24) is 4.31 Å². The van der Waals surface area contributed by atoms with Gasteiger partial charge in [-0.1, -0.05) is 6.42 Å². The zero-order valence-corrected chi connectivity index (χ0v) is 17.7. The van der Waals surface area contributed by atoms with E-state index in [-0.39, 0.29) is 10.8 Å². The van der Waals surface area contributed by atoms with E-state index in [1.54, 1.807) is 39.5 Å². The number of ether oxygens (including phenoxy) is 1. The number of carbonyl (C=O) groups excluding carboxylic acids is 2. The molecular formula is C20H22N2O5S2. The second-order valence-corrected chi connectivity index (χ2v) is 10.1. The molecule has 2 aliphatic rings. The van der Waals surface area contributed by atoms with Crippen LogP contribution in [0, 0.1) is 0 Å². The van der Waals surface area contributed by atoms with Gasteiger partial charge in [0.2, 0.25) is 10.0 Å². The van der Waals surface area contributed by atoms with Gasteiger partial charge in [0.05, 0.1) is 16.9 Å². The molecule has 3 heterocycles. The summed E-state index contributed by atoms with van der Waals surface area (Å²) >= 11 is 1.09. The SMILES string of the molecule is COC(=O)c1ccc(C(=O)N2CCc3cc(S(=O)(=O)N4CCCCC4)ccc32)s1. The predicted octanol–water partition coefficient (Wildman–Crippen LogP) is 2.91. The lowest BCUT2D eigenvalue weighted by molar-refractivity contribution is 0.0606. The summed E-state index contributed by atoms with van der Waals surface area (Å²) in [4.78, 5) is 27.3. The molecule has 9 heteroatoms. The zero-order chi connectivity index (χ0) is 20.6. The predicted molar refractivity (Wildman–Crippen MR) is 110 cm³/mol. The molecule has 4 rings (SSSR count). The maximum Gasteiger partial charge on any atom is 0.348 e. The molecule has 2 aromatic rings. The molecule has 0 unspecified atom stereocenters. The lowest BCUT2D eigenvalue weighted by atomic mass is 10.2. The van der Waals surface area contributed by atoms with Gasteiger partial charge in [0, 0.05) is 25.3 Å². The average molecular weight is 435 g/mol. The van der Waals surface area contributed by atoms with Crippen molar-refractivity contribution in [2.45, 2.75) is 30.6 Å². The lowest BCUT2D eigenvalue weighted by Gasteiger charge is -2.26. The quantitative estimate of drug-likeness (QED) is 0.691. The molecule has 0 radical (unpaired) electrons. The number of methoxy groups -OCH3 is 1. The van der Waals surface area contributed by atoms with Crippen LogP contribution in [0.5, 0.6) is 0 Å². The Morgan fingerprint density at radius 2 is 1.72 bits per heavy atom. The van der Waals surface area contributed by atoms with Crippen molar-refractivity contribution in [2.24, 2.45) is 0 Å². The van der Waals surface area contributed by atoms with Gasteiger partial charge >= 0.3 is 5.97 Å². The minimum atomic E-state index is -3.50. The summed E-state index contributed by atoms with van der Waals surface area (Å²) in [5.41, 5.74) is 1.57. The number of piperidine rings is 1. The molecule has 0 atom stereocenters. The van der Waals surface area contributed by atoms with Crippen molar-refractivity contribution in [1.29, 1.82) is 0 Å². The summed E-state index contributed by atoms with van der Waals surface area (Å²) in [6.07, 6.45) is 3.44. The second kappa shape index (κ2) is 7.89. The summed E-state index contributed by atoms with van der Waals surface area (Å²) in [5.74, 6) is -0.668. The summed E-state index contributed by atoms with van der Waals surface area (Å²) in [6.45, 7) is 1.60. The van der Waals surface area contributed by atoms with E-state index >= 15 is 0 Å². The van der Waals surface area contributed by atoms with Gasteiger partial charge in [0.15, 0.2) is 0 Å². The maximum absolute atomic E-state index is 12.9. The van der Waals surface area contributed by atoms with Gasteiger partial charge in [0.1, 0.15) is 4.88 Å². The van der Waals surface area contributed by atoms with Crippen molar-refractivity contribution >= 4 is 38.9 Å². The minimum absolute atomic E-state index is 0.199. The van der Waals surface area contributed by atoms with E-state index in [1.165, 1.54) is 7.11 Å². The highest BCUT2D eigenvalue weighted by Gasteiger charge is 2.31. The number of thiophene rings is 1. The van der Waals surface area contributed by atoms with Crippen LogP contribution in [0.3, 0.4) is 0 Å². The molecule has 0 bridgehead atoms. The first-order chi connectivity index (χ1) is 13.9. The molecule has 0 spiro atoms. The van der Waals surface area contributed by atoms with Crippen molar-refractivity contribution in [2.75, 3.05) is 31.6 Å². The van der Waals surface area contributed by atoms with Crippen molar-refractivity contribution in [3.8, 4) is 0 Å². The zero-order valence-electron chi connectivity index (χ0n) is 16.1. The number of hydrogen-bond donors (Lipinski definition) is 0. The Morgan fingerprint density at radius 1 is 1.00 bits per heavy atom. The Bertz CT molecular complexity index is 1050. The number of esters is 1. The molecule has 1 amide bonds. The number of nitrogens with zero attached hydrogens (tertiary/aromatic N) is 2. The second-order valence-electron chi connectivity index (χ2n) is 7.12. The molecule has 29 heavy (non-hydrogen) atoms. The number of carbonyl (C=O) groups is 2. The van der Waals surface area contributed by atoms with Gasteiger partial charge in [0.25, 0.3) is 5.91 Å². The van der Waals surface area contributed by atoms with Gasteiger partial charge in [-0.05, 0) is 55.2 Å². The standard InChI is InChI=1S/C20H22N2O5S2/c1-27-20(24)18-8-7-17(28-18)19(23)22-12-9-14-13-15(5-6-16(14)22)29(25,26)21-10-3-2-4-11-21/h5-8,13H,2-4,9-12H2,1H3. The van der Waals surface area contributed by atoms with Gasteiger partial charge in [-0.3, -0.25) is 4.79 Å². The topological polar surface area (TPSA) is 84.0 Å². The fourth-order valence-electron chi connectivity index (χ4n) is 3.80. The number of hydrogen-bond acceptors (Lipinski definition) is 6. The molecule has 7 nitrogen and oxygen atoms in total. The van der Waals surface area contributed by atoms with Crippen LogP contribution in [0.2, 0.25) is 0 Å². The summed E-state index contributed by atoms with van der Waals surface area (Å²) < 4.78 is 32.1. The van der Waals surface area contributed by atoms with Gasteiger partial charge in [-0.15, -0.1) is 11.3 Å². The molecule has 1 aromatic carbocycles. The van der Waals surface area contributed by atoms with E-state index < -0.39 is 16.0 Å². The Hall–Kier alpha value is -2.23. The number of sulfonamides is 1. The monoisotopic (exact) mass is 434 g/mol. The molecule has 0 N–H and O–H groups in total. The van der Waals surface area contributed by atoms with Crippen molar-refractivity contribution < 1.29 is 22.7 Å². The molecule has 1 aromatic heterocycles. The third-order valence-corrected chi connectivity index (χ3v) is 8.30. The summed E-state index contributed by atoms with van der Waals surface area (Å²) in [7, 11) is -2.20. The first kappa shape index (κ1) is 20.1. The summed E-state index contributed by atoms with van der Waals surface area (Å²) in [6, 6.07) is 8.19. The van der Waals surface area contributed by atoms with Crippen LogP contribution in [0.4, 0.5) is 5.69 Å². The van der Waals surface area contributed by atoms with Crippen LogP contribution in [0.15, 0.2) is 35.2 Å². The number of anilines is 1. The average Bonchev–Trinajstić information content (AvgIpc) is 3.40. The van der Waals surface area contributed by atoms with E-state index in [0.717, 1.165) is 41.9 Å². The molecule has 154 valence electrons. The third kappa shape index (κ3) is 3.70. The molecule has 1 saturated heterocycles. The van der Waals surface area contributed by atoms with E-state index in [9.17, 15) is 18.0 Å². The van der Waals surface area contributed by atoms with E-state index in [1.807, 2.05) is 0 Å². The van der Waals surface area contributed by atoms with Crippen molar-refractivity contribution in [3.63, 3.8) is 0 Å². The minimum Gasteiger partial charge on any atom is -0.465 e. The molecule has 0 aliphatic carbocycles. The fraction of sp³-hybridized carbons (Fsp3) is 0.400. The van der Waals surface area contributed by atoms with E-state index in [2.05, 4.69) is 0 Å². The van der Waals surface area contributed by atoms with Crippen LogP contribution in [0.25, 0.3) is 0 Å². The Balaban J connectivity index is 1.57. The van der Waals surface area contributed by atoms with Gasteiger partial charge < -0.3 is 9.64 Å². The van der Waals surface area contributed by atoms with Crippen LogP contribution >= 0.6 is 11.3 Å². The van der Waals surface area contributed by atoms with Crippen molar-refractivity contribution in [3.05, 3.63) is 45.6 Å². The van der Waals surface area contributed by atoms with Crippen LogP contribution < -0.4 is 4.90 Å². The third-order valence-electron chi connectivity index (χ3n) is 5.35. The van der Waals surface area contributed by atoms with E-state index in [4.69, 9.17) is 4.74 Å². The van der Waals surface area contributed by atoms with Crippen LogP contribution in [0.1, 0.15) is 44.2 Å². The first-order valence-corrected chi connectivity index (χ1v) is 11.8. The number of amides is 1. The molecular weight excluding hydrogens is 412 g/mol. The van der Waals surface area contributed by atoms with E-state index in [0.29, 0.717) is 35.8 Å². The molecule has 1 fully saturated rings. The highest BCUT2D eigenvalue weighted by molar-refractivity contribution is 7.89. The van der Waals surface area contributed by atoms with Gasteiger partial charge in [-0.2, -0.15) is 4.31 Å². The Morgan fingerprint density at radius 3 is 2.45 bits per heavy atom. The smallest absolute Gasteiger partial charge is 0.348 e. The highest BCUT2D eigenvalue weighted by atomic mass is 32.2. The normalized spacial score (nSPS) is 17.2. The summed E-state index contributed by atoms with van der Waals surface area (Å²) in [5, 5.41) is 0. The highest BCUT2D eigenvalue weighted by Crippen LogP contribution is 2.33. The molecule has 2 aliphatic heterocycles. The maximum atomic E-state index is 12.9.